The Labute approximate surface area is 152 Å². The molecule has 2 aromatic rings. The van der Waals surface area contributed by atoms with E-state index in [1.54, 1.807) is 4.68 Å². The van der Waals surface area contributed by atoms with E-state index in [0.29, 0.717) is 12.4 Å². The molecule has 0 aliphatic heterocycles. The highest BCUT2D eigenvalue weighted by molar-refractivity contribution is 5.72. The third-order valence-corrected chi connectivity index (χ3v) is 4.50. The summed E-state index contributed by atoms with van der Waals surface area (Å²) in [5.41, 5.74) is 7.31. The monoisotopic (exact) mass is 358 g/mol. The smallest absolute Gasteiger partial charge is 0.184 e. The van der Waals surface area contributed by atoms with Gasteiger partial charge in [-0.3, -0.25) is 0 Å². The fourth-order valence-corrected chi connectivity index (χ4v) is 2.82. The van der Waals surface area contributed by atoms with E-state index in [2.05, 4.69) is 10.1 Å². The maximum atomic E-state index is 14.3. The Morgan fingerprint density at radius 1 is 1.15 bits per heavy atom. The van der Waals surface area contributed by atoms with Crippen molar-refractivity contribution in [2.45, 2.75) is 46.2 Å². The molecule has 1 aromatic carbocycles. The molecule has 1 atom stereocenters. The van der Waals surface area contributed by atoms with Crippen LogP contribution >= 0.6 is 0 Å². The van der Waals surface area contributed by atoms with Crippen molar-refractivity contribution in [1.82, 2.24) is 14.8 Å². The van der Waals surface area contributed by atoms with E-state index >= 15 is 0 Å². The summed E-state index contributed by atoms with van der Waals surface area (Å²) in [5, 5.41) is 4.47. The number of nitrogens with zero attached hydrogens (tertiary/aromatic N) is 3. The third kappa shape index (κ3) is 3.90. The number of allylic oxidation sites excluding steroid dienone is 4. The maximum absolute atomic E-state index is 14.3. The second-order valence-corrected chi connectivity index (χ2v) is 7.69. The van der Waals surface area contributed by atoms with E-state index in [9.17, 15) is 8.78 Å². The zero-order valence-corrected chi connectivity index (χ0v) is 15.3. The standard InChI is InChI=1S/C20H24F2N4/c1-20(2,3)17(23)19-24-18(15-11-14(21)9-10-16(15)22)25-26(19)12-13-7-5-4-6-8-13/h4-8,11,17H,9-10,12,23H2,1-3H3/t17-/m0/s1. The van der Waals surface area contributed by atoms with Crippen LogP contribution < -0.4 is 5.73 Å². The fourth-order valence-electron chi connectivity index (χ4n) is 2.82. The lowest BCUT2D eigenvalue weighted by molar-refractivity contribution is 0.306. The second-order valence-electron chi connectivity index (χ2n) is 7.69. The zero-order chi connectivity index (χ0) is 18.9. The van der Waals surface area contributed by atoms with Crippen molar-refractivity contribution in [3.05, 3.63) is 65.3 Å². The summed E-state index contributed by atoms with van der Waals surface area (Å²) in [6, 6.07) is 9.39. The Balaban J connectivity index is 2.06. The molecule has 4 nitrogen and oxygen atoms in total. The normalized spacial score (nSPS) is 16.6. The molecule has 0 spiro atoms. The molecule has 0 bridgehead atoms. The lowest BCUT2D eigenvalue weighted by atomic mass is 9.87. The highest BCUT2D eigenvalue weighted by Gasteiger charge is 2.29. The first-order valence-electron chi connectivity index (χ1n) is 8.75. The van der Waals surface area contributed by atoms with Crippen LogP contribution in [0.4, 0.5) is 8.78 Å². The molecule has 1 aliphatic rings. The van der Waals surface area contributed by atoms with Crippen molar-refractivity contribution in [2.24, 2.45) is 11.1 Å². The molecular weight excluding hydrogens is 334 g/mol. The van der Waals surface area contributed by atoms with Crippen LogP contribution in [0.3, 0.4) is 0 Å². The van der Waals surface area contributed by atoms with Gasteiger partial charge in [-0.2, -0.15) is 5.10 Å². The minimum atomic E-state index is -0.395. The van der Waals surface area contributed by atoms with Gasteiger partial charge in [0.05, 0.1) is 18.2 Å². The lowest BCUT2D eigenvalue weighted by Gasteiger charge is -2.26. The van der Waals surface area contributed by atoms with Crippen molar-refractivity contribution in [3.63, 3.8) is 0 Å². The predicted octanol–water partition coefficient (Wildman–Crippen LogP) is 4.70. The van der Waals surface area contributed by atoms with Crippen molar-refractivity contribution in [3.8, 4) is 0 Å². The first-order valence-corrected chi connectivity index (χ1v) is 8.75. The molecule has 1 heterocycles. The third-order valence-electron chi connectivity index (χ3n) is 4.50. The highest BCUT2D eigenvalue weighted by Crippen LogP contribution is 2.34. The number of nitrogens with two attached hydrogens (primary N) is 1. The van der Waals surface area contributed by atoms with Gasteiger partial charge in [-0.15, -0.1) is 0 Å². The molecule has 26 heavy (non-hydrogen) atoms. The summed E-state index contributed by atoms with van der Waals surface area (Å²) in [7, 11) is 0. The van der Waals surface area contributed by atoms with Gasteiger partial charge in [0.1, 0.15) is 17.5 Å². The van der Waals surface area contributed by atoms with E-state index in [1.165, 1.54) is 6.08 Å². The molecule has 0 radical (unpaired) electrons. The van der Waals surface area contributed by atoms with E-state index in [0.717, 1.165) is 5.56 Å². The van der Waals surface area contributed by atoms with Gasteiger partial charge in [-0.1, -0.05) is 51.1 Å². The van der Waals surface area contributed by atoms with Crippen LogP contribution in [0.2, 0.25) is 0 Å². The second kappa shape index (κ2) is 7.11. The lowest BCUT2D eigenvalue weighted by Crippen LogP contribution is -2.29. The van der Waals surface area contributed by atoms with Gasteiger partial charge in [-0.25, -0.2) is 18.4 Å². The van der Waals surface area contributed by atoms with Crippen molar-refractivity contribution in [2.75, 3.05) is 0 Å². The largest absolute Gasteiger partial charge is 0.321 e. The van der Waals surface area contributed by atoms with Gasteiger partial charge in [-0.05, 0) is 17.1 Å². The van der Waals surface area contributed by atoms with Gasteiger partial charge in [0.15, 0.2) is 5.82 Å². The van der Waals surface area contributed by atoms with Crippen molar-refractivity contribution < 1.29 is 8.78 Å². The zero-order valence-electron chi connectivity index (χ0n) is 15.3. The Bertz CT molecular complexity index is 844. The van der Waals surface area contributed by atoms with Gasteiger partial charge in [0, 0.05) is 12.8 Å². The molecule has 2 N–H and O–H groups in total. The quantitative estimate of drug-likeness (QED) is 0.862. The first kappa shape index (κ1) is 18.5. The Kier molecular flexibility index (Phi) is 5.05. The van der Waals surface area contributed by atoms with Gasteiger partial charge < -0.3 is 5.73 Å². The average Bonchev–Trinajstić information content (AvgIpc) is 2.99. The topological polar surface area (TPSA) is 56.7 Å². The van der Waals surface area contributed by atoms with Gasteiger partial charge in [0.2, 0.25) is 0 Å². The van der Waals surface area contributed by atoms with Gasteiger partial charge in [0.25, 0.3) is 0 Å². The molecular formula is C20H24F2N4. The molecule has 0 fully saturated rings. The number of hydrogen-bond donors (Lipinski definition) is 1. The number of rotatable bonds is 4. The molecule has 3 rings (SSSR count). The SMILES string of the molecule is CC(C)(C)[C@@H](N)c1nc(C2=C(F)CCC(F)=C2)nn1Cc1ccccc1. The van der Waals surface area contributed by atoms with E-state index in [-0.39, 0.29) is 41.3 Å². The maximum Gasteiger partial charge on any atom is 0.184 e. The van der Waals surface area contributed by atoms with Crippen LogP contribution in [0.25, 0.3) is 5.57 Å². The summed E-state index contributed by atoms with van der Waals surface area (Å²) in [6.45, 7) is 6.50. The summed E-state index contributed by atoms with van der Waals surface area (Å²) in [5.74, 6) is 0.000589. The Morgan fingerprint density at radius 2 is 1.85 bits per heavy atom. The fraction of sp³-hybridized carbons (Fsp3) is 0.400. The molecule has 138 valence electrons. The van der Waals surface area contributed by atoms with Crippen molar-refractivity contribution >= 4 is 5.57 Å². The first-order chi connectivity index (χ1) is 12.3. The molecule has 1 aromatic heterocycles. The van der Waals surface area contributed by atoms with Crippen LogP contribution in [0, 0.1) is 5.41 Å². The average molecular weight is 358 g/mol. The predicted molar refractivity (Wildman–Crippen MR) is 98.4 cm³/mol. The number of halogens is 2. The molecule has 1 aliphatic carbocycles. The molecule has 6 heteroatoms. The summed E-state index contributed by atoms with van der Waals surface area (Å²) < 4.78 is 29.6. The summed E-state index contributed by atoms with van der Waals surface area (Å²) in [6.07, 6.45) is 1.30. The van der Waals surface area contributed by atoms with E-state index in [1.807, 2.05) is 51.1 Å². The van der Waals surface area contributed by atoms with Crippen LogP contribution in [-0.4, -0.2) is 14.8 Å². The van der Waals surface area contributed by atoms with Crippen LogP contribution in [0.15, 0.2) is 48.1 Å². The molecule has 0 saturated carbocycles. The molecule has 0 unspecified atom stereocenters. The number of aromatic nitrogens is 3. The van der Waals surface area contributed by atoms with Gasteiger partial charge >= 0.3 is 0 Å². The minimum absolute atomic E-state index is 0.0333. The van der Waals surface area contributed by atoms with Crippen LogP contribution in [0.5, 0.6) is 0 Å². The van der Waals surface area contributed by atoms with E-state index in [4.69, 9.17) is 5.73 Å². The summed E-state index contributed by atoms with van der Waals surface area (Å²) in [4.78, 5) is 4.50. The number of hydrogen-bond acceptors (Lipinski definition) is 3. The molecule has 0 amide bonds. The Hall–Kier alpha value is -2.34. The molecule has 0 saturated heterocycles. The Morgan fingerprint density at radius 3 is 2.50 bits per heavy atom. The van der Waals surface area contributed by atoms with Crippen LogP contribution in [0.1, 0.15) is 56.9 Å². The minimum Gasteiger partial charge on any atom is -0.321 e. The van der Waals surface area contributed by atoms with Crippen LogP contribution in [-0.2, 0) is 6.54 Å². The van der Waals surface area contributed by atoms with Crippen molar-refractivity contribution in [1.29, 1.82) is 0 Å². The number of benzene rings is 1. The van der Waals surface area contributed by atoms with E-state index < -0.39 is 6.04 Å². The highest BCUT2D eigenvalue weighted by atomic mass is 19.1. The summed E-state index contributed by atoms with van der Waals surface area (Å²) >= 11 is 0.